The number of ether oxygens (including phenoxy) is 1. The van der Waals surface area contributed by atoms with Crippen molar-refractivity contribution in [2.24, 2.45) is 5.92 Å². The highest BCUT2D eigenvalue weighted by Crippen LogP contribution is 2.27. The van der Waals surface area contributed by atoms with Gasteiger partial charge in [-0.25, -0.2) is 0 Å². The normalized spacial score (nSPS) is 23.2. The van der Waals surface area contributed by atoms with E-state index in [-0.39, 0.29) is 5.91 Å². The zero-order valence-electron chi connectivity index (χ0n) is 17.7. The van der Waals surface area contributed by atoms with Gasteiger partial charge in [-0.3, -0.25) is 9.69 Å². The molecule has 1 N–H and O–H groups in total. The molecular formula is C23H36ClN3O2. The van der Waals surface area contributed by atoms with Gasteiger partial charge in [-0.2, -0.15) is 0 Å². The molecule has 1 saturated carbocycles. The van der Waals surface area contributed by atoms with Crippen LogP contribution < -0.4 is 10.2 Å². The van der Waals surface area contributed by atoms with E-state index in [1.54, 1.807) is 7.11 Å². The number of carbonyl (C=O) groups excluding carboxylic acids is 1. The van der Waals surface area contributed by atoms with Crippen LogP contribution in [0.1, 0.15) is 44.9 Å². The van der Waals surface area contributed by atoms with Gasteiger partial charge in [0.2, 0.25) is 5.91 Å². The van der Waals surface area contributed by atoms with Crippen molar-refractivity contribution in [2.45, 2.75) is 51.0 Å². The van der Waals surface area contributed by atoms with Gasteiger partial charge in [0.15, 0.2) is 0 Å². The lowest BCUT2D eigenvalue weighted by molar-refractivity contribution is -0.122. The van der Waals surface area contributed by atoms with Crippen LogP contribution in [0.25, 0.3) is 0 Å². The number of hydrogen-bond donors (Lipinski definition) is 1. The van der Waals surface area contributed by atoms with Crippen LogP contribution in [0.3, 0.4) is 0 Å². The Labute approximate surface area is 180 Å². The van der Waals surface area contributed by atoms with E-state index >= 15 is 0 Å². The lowest BCUT2D eigenvalue weighted by atomic mass is 9.84. The monoisotopic (exact) mass is 421 g/mol. The van der Waals surface area contributed by atoms with Gasteiger partial charge < -0.3 is 15.0 Å². The molecule has 0 bridgehead atoms. The van der Waals surface area contributed by atoms with Crippen LogP contribution in [0.4, 0.5) is 5.69 Å². The van der Waals surface area contributed by atoms with Crippen LogP contribution in [0, 0.1) is 5.92 Å². The van der Waals surface area contributed by atoms with E-state index in [9.17, 15) is 4.79 Å². The molecule has 162 valence electrons. The molecule has 1 saturated heterocycles. The molecule has 1 heterocycles. The number of anilines is 1. The van der Waals surface area contributed by atoms with E-state index in [4.69, 9.17) is 16.3 Å². The highest BCUT2D eigenvalue weighted by atomic mass is 35.5. The highest BCUT2D eigenvalue weighted by Gasteiger charge is 2.24. The van der Waals surface area contributed by atoms with E-state index in [0.717, 1.165) is 56.4 Å². The van der Waals surface area contributed by atoms with Crippen molar-refractivity contribution in [3.8, 4) is 0 Å². The third kappa shape index (κ3) is 7.47. The molecule has 2 fully saturated rings. The smallest absolute Gasteiger partial charge is 0.220 e. The molecule has 0 unspecified atom stereocenters. The van der Waals surface area contributed by atoms with Crippen LogP contribution in [0.5, 0.6) is 0 Å². The third-order valence-corrected chi connectivity index (χ3v) is 6.63. The number of nitrogens with zero attached hydrogens (tertiary/aromatic N) is 2. The average molecular weight is 422 g/mol. The highest BCUT2D eigenvalue weighted by molar-refractivity contribution is 6.30. The first kappa shape index (κ1) is 22.4. The van der Waals surface area contributed by atoms with Crippen molar-refractivity contribution in [3.05, 3.63) is 29.3 Å². The summed E-state index contributed by atoms with van der Waals surface area (Å²) in [4.78, 5) is 17.0. The van der Waals surface area contributed by atoms with Gasteiger partial charge in [-0.05, 0) is 75.3 Å². The SMILES string of the molecule is COCCCC(=O)N[C@H]1CC[C@H](CCN2CCN(c3ccc(Cl)cc3)CC2)CC1. The second kappa shape index (κ2) is 11.8. The fourth-order valence-corrected chi connectivity index (χ4v) is 4.65. The number of carbonyl (C=O) groups is 1. The van der Waals surface area contributed by atoms with E-state index in [0.29, 0.717) is 19.1 Å². The number of methoxy groups -OCH3 is 1. The number of hydrogen-bond acceptors (Lipinski definition) is 4. The Bertz CT molecular complexity index is 609. The number of nitrogens with one attached hydrogen (secondary N) is 1. The molecule has 1 aromatic rings. The van der Waals surface area contributed by atoms with Crippen molar-refractivity contribution in [2.75, 3.05) is 51.3 Å². The van der Waals surface area contributed by atoms with Crippen molar-refractivity contribution in [1.82, 2.24) is 10.2 Å². The minimum Gasteiger partial charge on any atom is -0.385 e. The summed E-state index contributed by atoms with van der Waals surface area (Å²) < 4.78 is 5.01. The Kier molecular flexibility index (Phi) is 9.09. The fourth-order valence-electron chi connectivity index (χ4n) is 4.52. The summed E-state index contributed by atoms with van der Waals surface area (Å²) in [6, 6.07) is 8.56. The molecule has 1 aromatic carbocycles. The predicted octanol–water partition coefficient (Wildman–Crippen LogP) is 3.95. The number of rotatable bonds is 9. The lowest BCUT2D eigenvalue weighted by Crippen LogP contribution is -2.47. The summed E-state index contributed by atoms with van der Waals surface area (Å²) in [5.74, 6) is 0.995. The maximum atomic E-state index is 12.0. The molecule has 0 spiro atoms. The first-order valence-electron chi connectivity index (χ1n) is 11.1. The minimum absolute atomic E-state index is 0.184. The van der Waals surface area contributed by atoms with Crippen molar-refractivity contribution >= 4 is 23.2 Å². The predicted molar refractivity (Wildman–Crippen MR) is 120 cm³/mol. The van der Waals surface area contributed by atoms with E-state index in [1.165, 1.54) is 31.5 Å². The topological polar surface area (TPSA) is 44.8 Å². The van der Waals surface area contributed by atoms with E-state index in [1.807, 2.05) is 12.1 Å². The van der Waals surface area contributed by atoms with Gasteiger partial charge in [-0.1, -0.05) is 11.6 Å². The maximum absolute atomic E-state index is 12.0. The van der Waals surface area contributed by atoms with Crippen LogP contribution in [-0.4, -0.2) is 63.3 Å². The quantitative estimate of drug-likeness (QED) is 0.613. The molecule has 0 aromatic heterocycles. The largest absolute Gasteiger partial charge is 0.385 e. The van der Waals surface area contributed by atoms with E-state index < -0.39 is 0 Å². The Balaban J connectivity index is 1.28. The number of halogens is 1. The maximum Gasteiger partial charge on any atom is 0.220 e. The molecule has 5 nitrogen and oxygen atoms in total. The average Bonchev–Trinajstić information content (AvgIpc) is 2.74. The number of benzene rings is 1. The summed E-state index contributed by atoms with van der Waals surface area (Å²) in [5.41, 5.74) is 1.27. The summed E-state index contributed by atoms with van der Waals surface area (Å²) in [7, 11) is 1.68. The van der Waals surface area contributed by atoms with Crippen molar-refractivity contribution in [3.63, 3.8) is 0 Å². The fraction of sp³-hybridized carbons (Fsp3) is 0.696. The van der Waals surface area contributed by atoms with Gasteiger partial charge in [0.25, 0.3) is 0 Å². The standard InChI is InChI=1S/C23H36ClN3O2/c1-29-18-2-3-23(28)25-21-8-4-19(5-9-21)12-13-26-14-16-27(17-15-26)22-10-6-20(24)7-11-22/h6-7,10-11,19,21H,2-5,8-9,12-18H2,1H3,(H,25,28)/t19-,21-. The molecule has 0 atom stereocenters. The van der Waals surface area contributed by atoms with E-state index in [2.05, 4.69) is 27.2 Å². The minimum atomic E-state index is 0.184. The molecule has 0 radical (unpaired) electrons. The lowest BCUT2D eigenvalue weighted by Gasteiger charge is -2.37. The molecular weight excluding hydrogens is 386 g/mol. The van der Waals surface area contributed by atoms with Crippen LogP contribution in [0.2, 0.25) is 5.02 Å². The zero-order valence-corrected chi connectivity index (χ0v) is 18.5. The molecule has 6 heteroatoms. The van der Waals surface area contributed by atoms with Gasteiger partial charge in [0.1, 0.15) is 0 Å². The molecule has 29 heavy (non-hydrogen) atoms. The Morgan fingerprint density at radius 1 is 1.10 bits per heavy atom. The zero-order chi connectivity index (χ0) is 20.5. The van der Waals surface area contributed by atoms with Crippen molar-refractivity contribution in [1.29, 1.82) is 0 Å². The van der Waals surface area contributed by atoms with Crippen LogP contribution in [-0.2, 0) is 9.53 Å². The summed E-state index contributed by atoms with van der Waals surface area (Å²) >= 11 is 6.00. The van der Waals surface area contributed by atoms with Gasteiger partial charge in [-0.15, -0.1) is 0 Å². The van der Waals surface area contributed by atoms with Crippen LogP contribution in [0.15, 0.2) is 24.3 Å². The summed E-state index contributed by atoms with van der Waals surface area (Å²) in [6.45, 7) is 6.30. The second-order valence-corrected chi connectivity index (χ2v) is 8.91. The first-order valence-corrected chi connectivity index (χ1v) is 11.5. The third-order valence-electron chi connectivity index (χ3n) is 6.38. The molecule has 1 amide bonds. The number of piperazine rings is 1. The second-order valence-electron chi connectivity index (χ2n) is 8.48. The molecule has 2 aliphatic rings. The summed E-state index contributed by atoms with van der Waals surface area (Å²) in [6.07, 6.45) is 7.42. The Morgan fingerprint density at radius 3 is 2.45 bits per heavy atom. The van der Waals surface area contributed by atoms with Gasteiger partial charge >= 0.3 is 0 Å². The van der Waals surface area contributed by atoms with Crippen LogP contribution >= 0.6 is 11.6 Å². The summed E-state index contributed by atoms with van der Waals surface area (Å²) in [5, 5.41) is 4.01. The van der Waals surface area contributed by atoms with Gasteiger partial charge in [0, 0.05) is 63.1 Å². The molecule has 1 aliphatic carbocycles. The first-order chi connectivity index (χ1) is 14.1. The molecule has 3 rings (SSSR count). The van der Waals surface area contributed by atoms with Gasteiger partial charge in [0.05, 0.1) is 0 Å². The number of amides is 1. The Morgan fingerprint density at radius 2 is 1.79 bits per heavy atom. The Hall–Kier alpha value is -1.30. The molecule has 1 aliphatic heterocycles. The van der Waals surface area contributed by atoms with Crippen molar-refractivity contribution < 1.29 is 9.53 Å².